The van der Waals surface area contributed by atoms with Crippen LogP contribution in [0.4, 0.5) is 4.39 Å². The number of nitrogens with one attached hydrogen (secondary N) is 1. The highest BCUT2D eigenvalue weighted by Gasteiger charge is 2.11. The van der Waals surface area contributed by atoms with E-state index in [9.17, 15) is 9.18 Å². The first kappa shape index (κ1) is 18.1. The molecule has 0 saturated carbocycles. The molecule has 0 atom stereocenters. The molecule has 2 aromatic carbocycles. The summed E-state index contributed by atoms with van der Waals surface area (Å²) in [5.41, 5.74) is 3.25. The van der Waals surface area contributed by atoms with Crippen molar-refractivity contribution in [2.24, 2.45) is 0 Å². The van der Waals surface area contributed by atoms with Crippen LogP contribution in [-0.4, -0.2) is 31.5 Å². The van der Waals surface area contributed by atoms with Crippen LogP contribution >= 0.6 is 11.8 Å². The number of fused-ring (bicyclic) bond motifs is 1. The van der Waals surface area contributed by atoms with Crippen LogP contribution in [0, 0.1) is 5.82 Å². The Morgan fingerprint density at radius 3 is 2.57 bits per heavy atom. The summed E-state index contributed by atoms with van der Waals surface area (Å²) in [6.45, 7) is 0.344. The van der Waals surface area contributed by atoms with Gasteiger partial charge >= 0.3 is 0 Å². The van der Waals surface area contributed by atoms with Crippen LogP contribution in [0.1, 0.15) is 5.56 Å². The molecule has 2 aromatic heterocycles. The van der Waals surface area contributed by atoms with Crippen LogP contribution < -0.4 is 5.32 Å². The van der Waals surface area contributed by atoms with E-state index in [1.807, 2.05) is 42.5 Å². The van der Waals surface area contributed by atoms with E-state index in [2.05, 4.69) is 20.6 Å². The summed E-state index contributed by atoms with van der Waals surface area (Å²) in [6, 6.07) is 19.6. The monoisotopic (exact) mass is 393 g/mol. The van der Waals surface area contributed by atoms with Gasteiger partial charge in [-0.2, -0.15) is 9.61 Å². The minimum Gasteiger partial charge on any atom is -0.351 e. The molecule has 0 aliphatic heterocycles. The Bertz CT molecular complexity index is 1100. The zero-order valence-corrected chi connectivity index (χ0v) is 15.6. The van der Waals surface area contributed by atoms with Crippen molar-refractivity contribution >= 4 is 23.3 Å². The second-order valence-corrected chi connectivity index (χ2v) is 6.97. The number of benzene rings is 2. The average molecular weight is 393 g/mol. The van der Waals surface area contributed by atoms with E-state index in [-0.39, 0.29) is 17.5 Å². The van der Waals surface area contributed by atoms with Crippen molar-refractivity contribution in [3.8, 4) is 11.3 Å². The lowest BCUT2D eigenvalue weighted by Crippen LogP contribution is -2.24. The molecular weight excluding hydrogens is 377 g/mol. The zero-order chi connectivity index (χ0) is 19.3. The van der Waals surface area contributed by atoms with Gasteiger partial charge in [0.25, 0.3) is 0 Å². The summed E-state index contributed by atoms with van der Waals surface area (Å²) in [5, 5.41) is 16.2. The molecule has 0 unspecified atom stereocenters. The molecule has 0 saturated heterocycles. The fourth-order valence-electron chi connectivity index (χ4n) is 2.61. The second-order valence-electron chi connectivity index (χ2n) is 6.03. The number of rotatable bonds is 6. The minimum absolute atomic E-state index is 0.148. The molecule has 1 amide bonds. The Hall–Kier alpha value is -3.26. The van der Waals surface area contributed by atoms with Gasteiger partial charge in [-0.15, -0.1) is 10.2 Å². The van der Waals surface area contributed by atoms with E-state index in [1.54, 1.807) is 16.6 Å². The van der Waals surface area contributed by atoms with Crippen molar-refractivity contribution in [1.29, 1.82) is 0 Å². The molecule has 0 spiro atoms. The average Bonchev–Trinajstić information content (AvgIpc) is 3.15. The second kappa shape index (κ2) is 8.18. The first-order valence-corrected chi connectivity index (χ1v) is 9.59. The van der Waals surface area contributed by atoms with Crippen LogP contribution in [0.25, 0.3) is 16.9 Å². The van der Waals surface area contributed by atoms with Crippen LogP contribution in [0.5, 0.6) is 0 Å². The number of hydrogen-bond acceptors (Lipinski definition) is 5. The van der Waals surface area contributed by atoms with Gasteiger partial charge in [0.05, 0.1) is 11.4 Å². The maximum atomic E-state index is 12.9. The Morgan fingerprint density at radius 1 is 1.00 bits per heavy atom. The highest BCUT2D eigenvalue weighted by Crippen LogP contribution is 2.20. The maximum absolute atomic E-state index is 12.9. The number of aromatic nitrogens is 4. The van der Waals surface area contributed by atoms with Crippen LogP contribution in [-0.2, 0) is 11.3 Å². The number of thioether (sulfide) groups is 1. The number of carbonyl (C=O) groups excluding carboxylic acids is 1. The first-order chi connectivity index (χ1) is 13.7. The van der Waals surface area contributed by atoms with Crippen LogP contribution in [0.2, 0.25) is 0 Å². The molecule has 28 heavy (non-hydrogen) atoms. The van der Waals surface area contributed by atoms with Gasteiger partial charge in [-0.3, -0.25) is 4.79 Å². The van der Waals surface area contributed by atoms with Gasteiger partial charge in [0.1, 0.15) is 5.82 Å². The largest absolute Gasteiger partial charge is 0.351 e. The van der Waals surface area contributed by atoms with Crippen molar-refractivity contribution < 1.29 is 9.18 Å². The molecule has 4 aromatic rings. The summed E-state index contributed by atoms with van der Waals surface area (Å²) in [6.07, 6.45) is 0. The molecule has 2 heterocycles. The van der Waals surface area contributed by atoms with Crippen molar-refractivity contribution in [2.45, 2.75) is 11.7 Å². The summed E-state index contributed by atoms with van der Waals surface area (Å²) >= 11 is 1.26. The Labute approximate surface area is 164 Å². The van der Waals surface area contributed by atoms with Gasteiger partial charge in [-0.05, 0) is 29.8 Å². The predicted molar refractivity (Wildman–Crippen MR) is 105 cm³/mol. The topological polar surface area (TPSA) is 72.2 Å². The molecular formula is C20H16FN5OS. The summed E-state index contributed by atoms with van der Waals surface area (Å²) < 4.78 is 14.6. The van der Waals surface area contributed by atoms with Crippen molar-refractivity contribution in [3.63, 3.8) is 0 Å². The molecule has 0 aliphatic rings. The van der Waals surface area contributed by atoms with Crippen LogP contribution in [0.15, 0.2) is 71.9 Å². The zero-order valence-electron chi connectivity index (χ0n) is 14.7. The number of nitrogens with zero attached hydrogens (tertiary/aromatic N) is 4. The molecule has 6 nitrogen and oxygen atoms in total. The smallest absolute Gasteiger partial charge is 0.230 e. The van der Waals surface area contributed by atoms with Crippen molar-refractivity contribution in [2.75, 3.05) is 5.75 Å². The van der Waals surface area contributed by atoms with Crippen molar-refractivity contribution in [1.82, 2.24) is 25.1 Å². The quantitative estimate of drug-likeness (QED) is 0.509. The van der Waals surface area contributed by atoms with Gasteiger partial charge in [-0.25, -0.2) is 4.39 Å². The summed E-state index contributed by atoms with van der Waals surface area (Å²) in [4.78, 5) is 12.1. The number of carbonyl (C=O) groups is 1. The van der Waals surface area contributed by atoms with Gasteiger partial charge in [-0.1, -0.05) is 54.2 Å². The fraction of sp³-hybridized carbons (Fsp3) is 0.100. The number of hydrogen-bond donors (Lipinski definition) is 1. The standard InChI is InChI=1S/C20H16FN5OS/c21-16-8-6-14(7-9-16)12-22-19(27)13-28-20-24-23-18-11-10-17(25-26(18)20)15-4-2-1-3-5-15/h1-11H,12-13H2,(H,22,27). The normalized spacial score (nSPS) is 10.9. The molecule has 0 fully saturated rings. The van der Waals surface area contributed by atoms with E-state index in [4.69, 9.17) is 0 Å². The third-order valence-electron chi connectivity index (χ3n) is 4.04. The Kier molecular flexibility index (Phi) is 5.29. The molecule has 0 radical (unpaired) electrons. The number of amides is 1. The van der Waals surface area contributed by atoms with Gasteiger partial charge in [0.15, 0.2) is 5.65 Å². The molecule has 140 valence electrons. The lowest BCUT2D eigenvalue weighted by Gasteiger charge is -2.05. The third-order valence-corrected chi connectivity index (χ3v) is 4.96. The van der Waals surface area contributed by atoms with E-state index in [0.29, 0.717) is 17.3 Å². The predicted octanol–water partition coefficient (Wildman–Crippen LogP) is 3.34. The Morgan fingerprint density at radius 2 is 1.79 bits per heavy atom. The maximum Gasteiger partial charge on any atom is 0.230 e. The Balaban J connectivity index is 1.41. The van der Waals surface area contributed by atoms with Gasteiger partial charge in [0.2, 0.25) is 11.1 Å². The number of halogens is 1. The van der Waals surface area contributed by atoms with Crippen LogP contribution in [0.3, 0.4) is 0 Å². The van der Waals surface area contributed by atoms with Crippen molar-refractivity contribution in [3.05, 3.63) is 78.1 Å². The molecule has 4 rings (SSSR count). The summed E-state index contributed by atoms with van der Waals surface area (Å²) in [7, 11) is 0. The minimum atomic E-state index is -0.299. The fourth-order valence-corrected chi connectivity index (χ4v) is 3.32. The molecule has 8 heteroatoms. The summed E-state index contributed by atoms with van der Waals surface area (Å²) in [5.74, 6) is -0.267. The lowest BCUT2D eigenvalue weighted by atomic mass is 10.1. The first-order valence-electron chi connectivity index (χ1n) is 8.61. The molecule has 0 aliphatic carbocycles. The van der Waals surface area contributed by atoms with Gasteiger partial charge < -0.3 is 5.32 Å². The van der Waals surface area contributed by atoms with E-state index >= 15 is 0 Å². The third kappa shape index (κ3) is 4.17. The molecule has 1 N–H and O–H groups in total. The van der Waals surface area contributed by atoms with Gasteiger partial charge in [0, 0.05) is 12.1 Å². The van der Waals surface area contributed by atoms with E-state index in [0.717, 1.165) is 16.8 Å². The SMILES string of the molecule is O=C(CSc1nnc2ccc(-c3ccccc3)nn12)NCc1ccc(F)cc1. The van der Waals surface area contributed by atoms with E-state index < -0.39 is 0 Å². The van der Waals surface area contributed by atoms with E-state index in [1.165, 1.54) is 23.9 Å². The highest BCUT2D eigenvalue weighted by atomic mass is 32.2. The highest BCUT2D eigenvalue weighted by molar-refractivity contribution is 7.99. The lowest BCUT2D eigenvalue weighted by molar-refractivity contribution is -0.118. The molecule has 0 bridgehead atoms.